The Morgan fingerprint density at radius 2 is 1.93 bits per heavy atom. The monoisotopic (exact) mass is 189 g/mol. The van der Waals surface area contributed by atoms with E-state index in [1.54, 1.807) is 17.0 Å². The van der Waals surface area contributed by atoms with Gasteiger partial charge in [-0.15, -0.1) is 0 Å². The zero-order valence-corrected chi connectivity index (χ0v) is 7.99. The largest absolute Gasteiger partial charge is 0.312 e. The Hall–Kier alpha value is -1.64. The van der Waals surface area contributed by atoms with Crippen LogP contribution in [-0.2, 0) is 4.79 Å². The number of carbonyl (C=O) groups excluding carboxylic acids is 2. The molecule has 3 nitrogen and oxygen atoms in total. The zero-order chi connectivity index (χ0) is 10.1. The molecule has 1 fully saturated rings. The van der Waals surface area contributed by atoms with E-state index in [9.17, 15) is 9.59 Å². The van der Waals surface area contributed by atoms with E-state index in [1.807, 2.05) is 12.1 Å². The van der Waals surface area contributed by atoms with Gasteiger partial charge in [-0.25, -0.2) is 0 Å². The average molecular weight is 189 g/mol. The van der Waals surface area contributed by atoms with Gasteiger partial charge in [0.05, 0.1) is 0 Å². The van der Waals surface area contributed by atoms with Gasteiger partial charge < -0.3 is 4.90 Å². The van der Waals surface area contributed by atoms with Crippen LogP contribution >= 0.6 is 0 Å². The van der Waals surface area contributed by atoms with Gasteiger partial charge in [-0.3, -0.25) is 9.59 Å². The molecule has 0 atom stereocenters. The molecule has 3 heteroatoms. The minimum absolute atomic E-state index is 0.0477. The maximum absolute atomic E-state index is 11.1. The SMILES string of the molecule is CC(=O)c1ccc(N2CCC2=O)cc1. The molecule has 0 N–H and O–H groups in total. The molecular formula is C11H11NO2. The lowest BCUT2D eigenvalue weighted by atomic mass is 10.1. The summed E-state index contributed by atoms with van der Waals surface area (Å²) in [4.78, 5) is 23.8. The topological polar surface area (TPSA) is 37.4 Å². The Balaban J connectivity index is 2.21. The summed E-state index contributed by atoms with van der Waals surface area (Å²) in [6.45, 7) is 2.32. The molecule has 1 amide bonds. The maximum Gasteiger partial charge on any atom is 0.228 e. The maximum atomic E-state index is 11.1. The van der Waals surface area contributed by atoms with E-state index in [4.69, 9.17) is 0 Å². The Kier molecular flexibility index (Phi) is 2.08. The number of amides is 1. The molecule has 14 heavy (non-hydrogen) atoms. The molecule has 1 aromatic rings. The molecule has 72 valence electrons. The molecular weight excluding hydrogens is 178 g/mol. The summed E-state index contributed by atoms with van der Waals surface area (Å²) < 4.78 is 0. The van der Waals surface area contributed by atoms with Crippen molar-refractivity contribution in [3.8, 4) is 0 Å². The van der Waals surface area contributed by atoms with E-state index < -0.39 is 0 Å². The fourth-order valence-corrected chi connectivity index (χ4v) is 1.46. The number of ketones is 1. The molecule has 0 radical (unpaired) electrons. The molecule has 1 aliphatic heterocycles. The van der Waals surface area contributed by atoms with Crippen molar-refractivity contribution in [2.45, 2.75) is 13.3 Å². The first kappa shape index (κ1) is 8.94. The second-order valence-electron chi connectivity index (χ2n) is 3.40. The fourth-order valence-electron chi connectivity index (χ4n) is 1.46. The first-order chi connectivity index (χ1) is 6.68. The highest BCUT2D eigenvalue weighted by atomic mass is 16.2. The van der Waals surface area contributed by atoms with Crippen molar-refractivity contribution in [3.05, 3.63) is 29.8 Å². The molecule has 1 heterocycles. The summed E-state index contributed by atoms with van der Waals surface area (Å²) in [5.41, 5.74) is 1.56. The van der Waals surface area contributed by atoms with Crippen LogP contribution in [0.1, 0.15) is 23.7 Å². The van der Waals surface area contributed by atoms with Crippen molar-refractivity contribution in [2.75, 3.05) is 11.4 Å². The second-order valence-corrected chi connectivity index (χ2v) is 3.40. The van der Waals surface area contributed by atoms with Gasteiger partial charge in [0.25, 0.3) is 0 Å². The summed E-state index contributed by atoms with van der Waals surface area (Å²) in [5.74, 6) is 0.201. The Labute approximate surface area is 82.3 Å². The molecule has 1 saturated heterocycles. The number of carbonyl (C=O) groups is 2. The van der Waals surface area contributed by atoms with Gasteiger partial charge in [0, 0.05) is 24.2 Å². The number of hydrogen-bond donors (Lipinski definition) is 0. The standard InChI is InChI=1S/C11H11NO2/c1-8(13)9-2-4-10(5-3-9)12-7-6-11(12)14/h2-5H,6-7H2,1H3. The van der Waals surface area contributed by atoms with Gasteiger partial charge in [-0.1, -0.05) is 0 Å². The van der Waals surface area contributed by atoms with E-state index >= 15 is 0 Å². The van der Waals surface area contributed by atoms with Crippen LogP contribution in [0.4, 0.5) is 5.69 Å². The van der Waals surface area contributed by atoms with Gasteiger partial charge in [0.15, 0.2) is 5.78 Å². The molecule has 0 spiro atoms. The molecule has 0 unspecified atom stereocenters. The third kappa shape index (κ3) is 1.41. The summed E-state index contributed by atoms with van der Waals surface area (Å²) in [6.07, 6.45) is 0.633. The van der Waals surface area contributed by atoms with Crippen molar-refractivity contribution < 1.29 is 9.59 Å². The van der Waals surface area contributed by atoms with Crippen LogP contribution < -0.4 is 4.90 Å². The molecule has 0 aromatic heterocycles. The molecule has 1 aromatic carbocycles. The summed E-state index contributed by atoms with van der Waals surface area (Å²) in [6, 6.07) is 7.13. The van der Waals surface area contributed by atoms with Crippen molar-refractivity contribution in [1.82, 2.24) is 0 Å². The first-order valence-electron chi connectivity index (χ1n) is 4.60. The van der Waals surface area contributed by atoms with Crippen molar-refractivity contribution >= 4 is 17.4 Å². The van der Waals surface area contributed by atoms with Crippen LogP contribution in [0.15, 0.2) is 24.3 Å². The number of anilines is 1. The zero-order valence-electron chi connectivity index (χ0n) is 7.99. The van der Waals surface area contributed by atoms with Gasteiger partial charge in [-0.05, 0) is 31.2 Å². The van der Waals surface area contributed by atoms with Gasteiger partial charge in [-0.2, -0.15) is 0 Å². The minimum atomic E-state index is 0.0477. The van der Waals surface area contributed by atoms with Gasteiger partial charge in [0.1, 0.15) is 0 Å². The average Bonchev–Trinajstić information content (AvgIpc) is 2.16. The summed E-state index contributed by atoms with van der Waals surface area (Å²) >= 11 is 0. The van der Waals surface area contributed by atoms with E-state index in [1.165, 1.54) is 6.92 Å². The van der Waals surface area contributed by atoms with Crippen molar-refractivity contribution in [2.24, 2.45) is 0 Å². The molecule has 0 saturated carbocycles. The number of Topliss-reactive ketones (excluding diaryl/α,β-unsaturated/α-hetero) is 1. The summed E-state index contributed by atoms with van der Waals surface area (Å²) in [5, 5.41) is 0. The van der Waals surface area contributed by atoms with E-state index in [-0.39, 0.29) is 11.7 Å². The number of nitrogens with zero attached hydrogens (tertiary/aromatic N) is 1. The molecule has 2 rings (SSSR count). The van der Waals surface area contributed by atoms with Crippen molar-refractivity contribution in [1.29, 1.82) is 0 Å². The molecule has 1 aliphatic rings. The predicted octanol–water partition coefficient (Wildman–Crippen LogP) is 1.63. The number of benzene rings is 1. The normalized spacial score (nSPS) is 15.2. The smallest absolute Gasteiger partial charge is 0.228 e. The van der Waals surface area contributed by atoms with E-state index in [0.717, 1.165) is 12.2 Å². The van der Waals surface area contributed by atoms with Crippen LogP contribution in [-0.4, -0.2) is 18.2 Å². The van der Waals surface area contributed by atoms with Crippen LogP contribution in [0.3, 0.4) is 0 Å². The lowest BCUT2D eigenvalue weighted by molar-refractivity contribution is -0.122. The quantitative estimate of drug-likeness (QED) is 0.523. The number of β-lactam (4-membered cyclic amide) rings is 1. The van der Waals surface area contributed by atoms with Crippen LogP contribution in [0.25, 0.3) is 0 Å². The predicted molar refractivity (Wildman–Crippen MR) is 53.4 cm³/mol. The Morgan fingerprint density at radius 1 is 1.29 bits per heavy atom. The van der Waals surface area contributed by atoms with E-state index in [0.29, 0.717) is 12.0 Å². The number of rotatable bonds is 2. The Morgan fingerprint density at radius 3 is 2.29 bits per heavy atom. The van der Waals surface area contributed by atoms with Crippen molar-refractivity contribution in [3.63, 3.8) is 0 Å². The number of hydrogen-bond acceptors (Lipinski definition) is 2. The molecule has 0 bridgehead atoms. The first-order valence-corrected chi connectivity index (χ1v) is 4.60. The lowest BCUT2D eigenvalue weighted by Crippen LogP contribution is -2.43. The highest BCUT2D eigenvalue weighted by molar-refractivity contribution is 6.00. The third-order valence-electron chi connectivity index (χ3n) is 2.44. The fraction of sp³-hybridized carbons (Fsp3) is 0.273. The van der Waals surface area contributed by atoms with Gasteiger partial charge in [0.2, 0.25) is 5.91 Å². The molecule has 0 aliphatic carbocycles. The third-order valence-corrected chi connectivity index (χ3v) is 2.44. The summed E-state index contributed by atoms with van der Waals surface area (Å²) in [7, 11) is 0. The van der Waals surface area contributed by atoms with Crippen LogP contribution in [0.5, 0.6) is 0 Å². The minimum Gasteiger partial charge on any atom is -0.312 e. The van der Waals surface area contributed by atoms with E-state index in [2.05, 4.69) is 0 Å². The van der Waals surface area contributed by atoms with Gasteiger partial charge >= 0.3 is 0 Å². The second kappa shape index (κ2) is 3.25. The Bertz CT molecular complexity index is 381. The van der Waals surface area contributed by atoms with Crippen LogP contribution in [0.2, 0.25) is 0 Å². The highest BCUT2D eigenvalue weighted by Gasteiger charge is 2.24. The van der Waals surface area contributed by atoms with Crippen LogP contribution in [0, 0.1) is 0 Å². The highest BCUT2D eigenvalue weighted by Crippen LogP contribution is 2.21. The lowest BCUT2D eigenvalue weighted by Gasteiger charge is -2.30.